The molecule has 0 spiro atoms. The maximum absolute atomic E-state index is 12.3. The summed E-state index contributed by atoms with van der Waals surface area (Å²) in [6.45, 7) is 8.52. The summed E-state index contributed by atoms with van der Waals surface area (Å²) in [6.07, 6.45) is 2.43. The number of carbonyl (C=O) groups is 1. The van der Waals surface area contributed by atoms with Gasteiger partial charge in [-0.05, 0) is 80.1 Å². The highest BCUT2D eigenvalue weighted by atomic mass is 16.5. The molecule has 2 aromatic carbocycles. The van der Waals surface area contributed by atoms with Crippen molar-refractivity contribution in [2.75, 3.05) is 29.9 Å². The lowest BCUT2D eigenvalue weighted by Crippen LogP contribution is -2.33. The fourth-order valence-corrected chi connectivity index (χ4v) is 3.90. The quantitative estimate of drug-likeness (QED) is 0.643. The molecule has 5 heteroatoms. The molecule has 3 aromatic rings. The van der Waals surface area contributed by atoms with E-state index in [1.54, 1.807) is 0 Å². The number of benzene rings is 2. The van der Waals surface area contributed by atoms with Crippen LogP contribution in [0.5, 0.6) is 5.75 Å². The standard InChI is InChI=1S/C25H29N3O2/c1-17-9-11-28(12-10-17)24-14-19(3)22-15-20(7-8-23(22)27-24)26-25(29)16-30-21-6-4-5-18(2)13-21/h4-8,13-15,17H,9-12,16H2,1-3H3,(H,26,29). The first-order chi connectivity index (χ1) is 14.5. The zero-order chi connectivity index (χ0) is 21.1. The minimum absolute atomic E-state index is 0.0228. The Labute approximate surface area is 178 Å². The van der Waals surface area contributed by atoms with Gasteiger partial charge >= 0.3 is 0 Å². The van der Waals surface area contributed by atoms with E-state index in [1.807, 2.05) is 49.4 Å². The Kier molecular flexibility index (Phi) is 5.88. The van der Waals surface area contributed by atoms with E-state index in [4.69, 9.17) is 9.72 Å². The van der Waals surface area contributed by atoms with Crippen molar-refractivity contribution in [3.8, 4) is 5.75 Å². The summed E-state index contributed by atoms with van der Waals surface area (Å²) in [5.74, 6) is 2.36. The minimum atomic E-state index is -0.180. The number of piperidine rings is 1. The Morgan fingerprint density at radius 3 is 2.70 bits per heavy atom. The van der Waals surface area contributed by atoms with E-state index in [0.717, 1.165) is 47.0 Å². The second kappa shape index (κ2) is 8.74. The Hall–Kier alpha value is -3.08. The summed E-state index contributed by atoms with van der Waals surface area (Å²) in [5, 5.41) is 3.98. The lowest BCUT2D eigenvalue weighted by atomic mass is 9.99. The third-order valence-electron chi connectivity index (χ3n) is 5.75. The molecule has 1 N–H and O–H groups in total. The van der Waals surface area contributed by atoms with Gasteiger partial charge in [-0.2, -0.15) is 0 Å². The predicted octanol–water partition coefficient (Wildman–Crippen LogP) is 5.11. The van der Waals surface area contributed by atoms with Crippen LogP contribution in [0.3, 0.4) is 0 Å². The summed E-state index contributed by atoms with van der Waals surface area (Å²) < 4.78 is 5.59. The van der Waals surface area contributed by atoms with Crippen molar-refractivity contribution in [2.45, 2.75) is 33.6 Å². The summed E-state index contributed by atoms with van der Waals surface area (Å²) >= 11 is 0. The van der Waals surface area contributed by atoms with Gasteiger partial charge in [0.05, 0.1) is 5.52 Å². The molecule has 0 unspecified atom stereocenters. The summed E-state index contributed by atoms with van der Waals surface area (Å²) in [7, 11) is 0. The van der Waals surface area contributed by atoms with Crippen LogP contribution in [0.2, 0.25) is 0 Å². The van der Waals surface area contributed by atoms with Gasteiger partial charge in [0.1, 0.15) is 11.6 Å². The summed E-state index contributed by atoms with van der Waals surface area (Å²) in [5.41, 5.74) is 3.98. The molecular weight excluding hydrogens is 374 g/mol. The van der Waals surface area contributed by atoms with Gasteiger partial charge in [0, 0.05) is 24.2 Å². The zero-order valence-corrected chi connectivity index (χ0v) is 17.9. The van der Waals surface area contributed by atoms with Gasteiger partial charge in [0.25, 0.3) is 5.91 Å². The van der Waals surface area contributed by atoms with Gasteiger partial charge in [-0.15, -0.1) is 0 Å². The summed E-state index contributed by atoms with van der Waals surface area (Å²) in [4.78, 5) is 19.6. The molecule has 0 atom stereocenters. The molecule has 0 radical (unpaired) electrons. The fraction of sp³-hybridized carbons (Fsp3) is 0.360. The minimum Gasteiger partial charge on any atom is -0.484 e. The van der Waals surface area contributed by atoms with Crippen LogP contribution in [0.4, 0.5) is 11.5 Å². The number of aryl methyl sites for hydroxylation is 2. The Morgan fingerprint density at radius 2 is 1.93 bits per heavy atom. The molecule has 0 bridgehead atoms. The lowest BCUT2D eigenvalue weighted by Gasteiger charge is -2.31. The third kappa shape index (κ3) is 4.73. The number of ether oxygens (including phenoxy) is 1. The molecule has 1 fully saturated rings. The fourth-order valence-electron chi connectivity index (χ4n) is 3.90. The van der Waals surface area contributed by atoms with E-state index in [0.29, 0.717) is 5.75 Å². The number of rotatable bonds is 5. The van der Waals surface area contributed by atoms with Crippen LogP contribution in [-0.4, -0.2) is 30.6 Å². The smallest absolute Gasteiger partial charge is 0.262 e. The molecule has 4 rings (SSSR count). The van der Waals surface area contributed by atoms with Crippen molar-refractivity contribution in [1.29, 1.82) is 0 Å². The van der Waals surface area contributed by atoms with Crippen LogP contribution in [0.15, 0.2) is 48.5 Å². The first kappa shape index (κ1) is 20.2. The monoisotopic (exact) mass is 403 g/mol. The first-order valence-corrected chi connectivity index (χ1v) is 10.6. The normalized spacial score (nSPS) is 14.7. The molecule has 1 aromatic heterocycles. The zero-order valence-electron chi connectivity index (χ0n) is 17.9. The molecule has 0 saturated carbocycles. The number of hydrogen-bond donors (Lipinski definition) is 1. The van der Waals surface area contributed by atoms with Crippen LogP contribution in [-0.2, 0) is 4.79 Å². The van der Waals surface area contributed by atoms with Crippen molar-refractivity contribution in [3.05, 3.63) is 59.7 Å². The van der Waals surface area contributed by atoms with Crippen LogP contribution in [0.1, 0.15) is 30.9 Å². The molecular formula is C25H29N3O2. The van der Waals surface area contributed by atoms with Gasteiger partial charge in [-0.3, -0.25) is 4.79 Å². The van der Waals surface area contributed by atoms with Gasteiger partial charge in [0.15, 0.2) is 6.61 Å². The second-order valence-corrected chi connectivity index (χ2v) is 8.35. The number of fused-ring (bicyclic) bond motifs is 1. The van der Waals surface area contributed by atoms with E-state index in [1.165, 1.54) is 18.4 Å². The Balaban J connectivity index is 1.44. The lowest BCUT2D eigenvalue weighted by molar-refractivity contribution is -0.118. The van der Waals surface area contributed by atoms with Gasteiger partial charge in [-0.25, -0.2) is 4.98 Å². The predicted molar refractivity (Wildman–Crippen MR) is 122 cm³/mol. The largest absolute Gasteiger partial charge is 0.484 e. The molecule has 156 valence electrons. The number of pyridine rings is 1. The van der Waals surface area contributed by atoms with Crippen molar-refractivity contribution >= 4 is 28.3 Å². The highest BCUT2D eigenvalue weighted by Gasteiger charge is 2.18. The van der Waals surface area contributed by atoms with Crippen LogP contribution in [0, 0.1) is 19.8 Å². The van der Waals surface area contributed by atoms with Crippen molar-refractivity contribution in [1.82, 2.24) is 4.98 Å². The highest BCUT2D eigenvalue weighted by molar-refractivity contribution is 5.95. The molecule has 30 heavy (non-hydrogen) atoms. The molecule has 0 aliphatic carbocycles. The van der Waals surface area contributed by atoms with E-state index in [-0.39, 0.29) is 12.5 Å². The molecule has 1 aliphatic heterocycles. The Morgan fingerprint density at radius 1 is 1.13 bits per heavy atom. The Bertz CT molecular complexity index is 1060. The maximum atomic E-state index is 12.3. The maximum Gasteiger partial charge on any atom is 0.262 e. The van der Waals surface area contributed by atoms with E-state index in [9.17, 15) is 4.79 Å². The van der Waals surface area contributed by atoms with Gasteiger partial charge in [-0.1, -0.05) is 19.1 Å². The average Bonchev–Trinajstić information content (AvgIpc) is 2.73. The van der Waals surface area contributed by atoms with Crippen molar-refractivity contribution in [3.63, 3.8) is 0 Å². The number of aromatic nitrogens is 1. The topological polar surface area (TPSA) is 54.5 Å². The number of anilines is 2. The number of hydrogen-bond acceptors (Lipinski definition) is 4. The molecule has 1 amide bonds. The van der Waals surface area contributed by atoms with Crippen LogP contribution < -0.4 is 15.0 Å². The van der Waals surface area contributed by atoms with Gasteiger partial charge in [0.2, 0.25) is 0 Å². The van der Waals surface area contributed by atoms with E-state index >= 15 is 0 Å². The van der Waals surface area contributed by atoms with E-state index in [2.05, 4.69) is 30.1 Å². The highest BCUT2D eigenvalue weighted by Crippen LogP contribution is 2.28. The average molecular weight is 404 g/mol. The SMILES string of the molecule is Cc1cccc(OCC(=O)Nc2ccc3nc(N4CCC(C)CC4)cc(C)c3c2)c1. The second-order valence-electron chi connectivity index (χ2n) is 8.35. The van der Waals surface area contributed by atoms with Gasteiger partial charge < -0.3 is 15.0 Å². The number of carbonyl (C=O) groups excluding carboxylic acids is 1. The number of nitrogens with zero attached hydrogens (tertiary/aromatic N) is 2. The number of nitrogens with one attached hydrogen (secondary N) is 1. The number of amides is 1. The molecule has 1 saturated heterocycles. The molecule has 1 aliphatic rings. The molecule has 2 heterocycles. The van der Waals surface area contributed by atoms with E-state index < -0.39 is 0 Å². The van der Waals surface area contributed by atoms with Crippen molar-refractivity contribution < 1.29 is 9.53 Å². The third-order valence-corrected chi connectivity index (χ3v) is 5.75. The van der Waals surface area contributed by atoms with Crippen LogP contribution in [0.25, 0.3) is 10.9 Å². The summed E-state index contributed by atoms with van der Waals surface area (Å²) in [6, 6.07) is 15.7. The van der Waals surface area contributed by atoms with Crippen molar-refractivity contribution in [2.24, 2.45) is 5.92 Å². The molecule has 5 nitrogen and oxygen atoms in total. The first-order valence-electron chi connectivity index (χ1n) is 10.6. The van der Waals surface area contributed by atoms with Crippen LogP contribution >= 0.6 is 0 Å².